The summed E-state index contributed by atoms with van der Waals surface area (Å²) in [5, 5.41) is 9.61. The van der Waals surface area contributed by atoms with Crippen LogP contribution in [0.15, 0.2) is 84.1 Å². The van der Waals surface area contributed by atoms with Gasteiger partial charge in [0.2, 0.25) is 0 Å². The van der Waals surface area contributed by atoms with Gasteiger partial charge >= 0.3 is 0 Å². The molecule has 0 amide bonds. The Balaban J connectivity index is 1.50. The number of para-hydroxylation sites is 1. The van der Waals surface area contributed by atoms with Gasteiger partial charge in [0, 0.05) is 31.2 Å². The maximum absolute atomic E-state index is 6.19. The van der Waals surface area contributed by atoms with E-state index in [0.717, 1.165) is 39.3 Å². The van der Waals surface area contributed by atoms with Crippen molar-refractivity contribution in [1.82, 2.24) is 19.7 Å². The fourth-order valence-electron chi connectivity index (χ4n) is 3.15. The molecule has 0 unspecified atom stereocenters. The Labute approximate surface area is 186 Å². The van der Waals surface area contributed by atoms with E-state index in [-0.39, 0.29) is 0 Å². The van der Waals surface area contributed by atoms with Crippen molar-refractivity contribution in [2.45, 2.75) is 24.1 Å². The molecule has 0 aliphatic heterocycles. The van der Waals surface area contributed by atoms with E-state index in [2.05, 4.69) is 37.9 Å². The highest BCUT2D eigenvalue weighted by atomic mass is 32.2. The molecule has 6 nitrogen and oxygen atoms in total. The Morgan fingerprint density at radius 2 is 1.71 bits per heavy atom. The molecule has 4 rings (SSSR count). The van der Waals surface area contributed by atoms with Gasteiger partial charge in [-0.05, 0) is 23.8 Å². The summed E-state index contributed by atoms with van der Waals surface area (Å²) in [6, 6.07) is 24.2. The fourth-order valence-corrected chi connectivity index (χ4v) is 4.05. The smallest absolute Gasteiger partial charge is 0.191 e. The Hall–Kier alpha value is -3.16. The molecular formula is C24H24N4O2S. The van der Waals surface area contributed by atoms with Crippen LogP contribution in [-0.2, 0) is 23.6 Å². The molecule has 0 saturated carbocycles. The van der Waals surface area contributed by atoms with Crippen LogP contribution in [0.5, 0.6) is 5.75 Å². The van der Waals surface area contributed by atoms with Gasteiger partial charge in [0.15, 0.2) is 11.0 Å². The van der Waals surface area contributed by atoms with Crippen molar-refractivity contribution in [3.63, 3.8) is 0 Å². The van der Waals surface area contributed by atoms with Crippen LogP contribution >= 0.6 is 11.8 Å². The highest BCUT2D eigenvalue weighted by Gasteiger charge is 2.15. The molecular weight excluding hydrogens is 408 g/mol. The van der Waals surface area contributed by atoms with E-state index in [1.54, 1.807) is 25.1 Å². The van der Waals surface area contributed by atoms with Crippen LogP contribution in [0.4, 0.5) is 0 Å². The highest BCUT2D eigenvalue weighted by Crippen LogP contribution is 2.30. The minimum atomic E-state index is 0.324. The molecule has 31 heavy (non-hydrogen) atoms. The minimum Gasteiger partial charge on any atom is -0.485 e. The van der Waals surface area contributed by atoms with Crippen LogP contribution in [-0.4, -0.2) is 33.5 Å². The van der Waals surface area contributed by atoms with Gasteiger partial charge in [-0.2, -0.15) is 0 Å². The predicted octanol–water partition coefficient (Wildman–Crippen LogP) is 4.86. The molecule has 2 aromatic heterocycles. The Kier molecular flexibility index (Phi) is 7.31. The quantitative estimate of drug-likeness (QED) is 0.334. The average Bonchev–Trinajstić information content (AvgIpc) is 3.23. The number of thioether (sulfide) groups is 1. The second-order valence-electron chi connectivity index (χ2n) is 6.80. The van der Waals surface area contributed by atoms with E-state index < -0.39 is 0 Å². The van der Waals surface area contributed by atoms with Gasteiger partial charge in [-0.25, -0.2) is 0 Å². The lowest BCUT2D eigenvalue weighted by atomic mass is 10.1. The van der Waals surface area contributed by atoms with Gasteiger partial charge < -0.3 is 14.0 Å². The van der Waals surface area contributed by atoms with Gasteiger partial charge in [0.1, 0.15) is 12.4 Å². The molecule has 7 heteroatoms. The fraction of sp³-hybridized carbons (Fsp3) is 0.208. The van der Waals surface area contributed by atoms with Gasteiger partial charge in [-0.1, -0.05) is 66.4 Å². The molecule has 0 fully saturated rings. The first-order valence-electron chi connectivity index (χ1n) is 10.1. The number of nitrogens with zero attached hydrogens (tertiary/aromatic N) is 4. The number of rotatable bonds is 10. The van der Waals surface area contributed by atoms with E-state index >= 15 is 0 Å². The molecule has 0 N–H and O–H groups in total. The second-order valence-corrected chi connectivity index (χ2v) is 7.75. The molecule has 0 bridgehead atoms. The third-order valence-electron chi connectivity index (χ3n) is 4.72. The predicted molar refractivity (Wildman–Crippen MR) is 122 cm³/mol. The topological polar surface area (TPSA) is 62.1 Å². The zero-order chi connectivity index (χ0) is 21.3. The number of benzene rings is 2. The Morgan fingerprint density at radius 1 is 0.903 bits per heavy atom. The van der Waals surface area contributed by atoms with Gasteiger partial charge in [-0.3, -0.25) is 4.98 Å². The summed E-state index contributed by atoms with van der Waals surface area (Å²) in [6.45, 7) is 1.56. The minimum absolute atomic E-state index is 0.324. The molecule has 4 aromatic rings. The normalized spacial score (nSPS) is 10.9. The number of hydrogen-bond donors (Lipinski definition) is 0. The molecule has 2 heterocycles. The molecule has 2 aromatic carbocycles. The maximum atomic E-state index is 6.19. The molecule has 158 valence electrons. The van der Waals surface area contributed by atoms with E-state index in [1.807, 2.05) is 54.6 Å². The third kappa shape index (κ3) is 5.51. The first-order chi connectivity index (χ1) is 15.3. The summed E-state index contributed by atoms with van der Waals surface area (Å²) < 4.78 is 13.5. The number of hydrogen-bond acceptors (Lipinski definition) is 6. The zero-order valence-corrected chi connectivity index (χ0v) is 18.2. The maximum Gasteiger partial charge on any atom is 0.191 e. The average molecular weight is 433 g/mol. The number of aromatic nitrogens is 4. The molecule has 0 spiro atoms. The van der Waals surface area contributed by atoms with Gasteiger partial charge in [0.25, 0.3) is 0 Å². The van der Waals surface area contributed by atoms with E-state index in [4.69, 9.17) is 9.47 Å². The number of pyridine rings is 1. The second kappa shape index (κ2) is 10.7. The Bertz CT molecular complexity index is 1090. The summed E-state index contributed by atoms with van der Waals surface area (Å²) in [5.74, 6) is 2.31. The first-order valence-corrected chi connectivity index (χ1v) is 11.0. The van der Waals surface area contributed by atoms with Crippen LogP contribution in [0.1, 0.15) is 11.5 Å². The van der Waals surface area contributed by atoms with E-state index in [9.17, 15) is 0 Å². The molecule has 0 aliphatic rings. The summed E-state index contributed by atoms with van der Waals surface area (Å²) >= 11 is 1.61. The van der Waals surface area contributed by atoms with Crippen molar-refractivity contribution in [1.29, 1.82) is 0 Å². The van der Waals surface area contributed by atoms with Crippen molar-refractivity contribution in [3.8, 4) is 16.9 Å². The summed E-state index contributed by atoms with van der Waals surface area (Å²) in [5.41, 5.74) is 3.17. The Morgan fingerprint density at radius 3 is 2.52 bits per heavy atom. The lowest BCUT2D eigenvalue weighted by Gasteiger charge is -2.13. The van der Waals surface area contributed by atoms with Crippen LogP contribution in [0.2, 0.25) is 0 Å². The van der Waals surface area contributed by atoms with Crippen LogP contribution in [0.25, 0.3) is 11.1 Å². The lowest BCUT2D eigenvalue weighted by Crippen LogP contribution is -2.12. The van der Waals surface area contributed by atoms with Crippen LogP contribution in [0, 0.1) is 0 Å². The zero-order valence-electron chi connectivity index (χ0n) is 17.3. The first kappa shape index (κ1) is 21.1. The lowest BCUT2D eigenvalue weighted by molar-refractivity contribution is 0.181. The monoisotopic (exact) mass is 432 g/mol. The number of ether oxygens (including phenoxy) is 2. The summed E-state index contributed by atoms with van der Waals surface area (Å²) in [6.07, 6.45) is 1.80. The van der Waals surface area contributed by atoms with Crippen molar-refractivity contribution >= 4 is 11.8 Å². The largest absolute Gasteiger partial charge is 0.485 e. The van der Waals surface area contributed by atoms with E-state index in [1.165, 1.54) is 0 Å². The van der Waals surface area contributed by atoms with Crippen molar-refractivity contribution in [2.75, 3.05) is 13.7 Å². The van der Waals surface area contributed by atoms with Crippen molar-refractivity contribution < 1.29 is 9.47 Å². The van der Waals surface area contributed by atoms with Crippen LogP contribution < -0.4 is 4.74 Å². The third-order valence-corrected chi connectivity index (χ3v) is 5.72. The SMILES string of the molecule is COCCn1c(COc2ccccc2-c2ccccc2)nnc1SCc1ccccn1. The van der Waals surface area contributed by atoms with Crippen molar-refractivity contribution in [2.24, 2.45) is 0 Å². The molecule has 0 saturated heterocycles. The highest BCUT2D eigenvalue weighted by molar-refractivity contribution is 7.98. The van der Waals surface area contributed by atoms with Gasteiger partial charge in [-0.15, -0.1) is 10.2 Å². The van der Waals surface area contributed by atoms with E-state index in [0.29, 0.717) is 19.8 Å². The van der Waals surface area contributed by atoms with Gasteiger partial charge in [0.05, 0.1) is 12.3 Å². The van der Waals surface area contributed by atoms with Crippen molar-refractivity contribution in [3.05, 3.63) is 90.5 Å². The molecule has 0 radical (unpaired) electrons. The number of methoxy groups -OCH3 is 1. The van der Waals surface area contributed by atoms with Crippen LogP contribution in [0.3, 0.4) is 0 Å². The standard InChI is InChI=1S/C24H24N4O2S/c1-29-16-15-28-23(26-27-24(28)31-18-20-11-7-8-14-25-20)17-30-22-13-6-5-12-21(22)19-9-3-2-4-10-19/h2-14H,15-18H2,1H3. The molecule has 0 atom stereocenters. The molecule has 0 aliphatic carbocycles. The summed E-state index contributed by atoms with van der Waals surface area (Å²) in [4.78, 5) is 4.38. The summed E-state index contributed by atoms with van der Waals surface area (Å²) in [7, 11) is 1.69.